The van der Waals surface area contributed by atoms with Crippen molar-refractivity contribution in [2.45, 2.75) is 32.7 Å². The Morgan fingerprint density at radius 2 is 1.83 bits per heavy atom. The lowest BCUT2D eigenvalue weighted by molar-refractivity contribution is 0.116. The van der Waals surface area contributed by atoms with Crippen LogP contribution in [-0.4, -0.2) is 14.2 Å². The summed E-state index contributed by atoms with van der Waals surface area (Å²) >= 11 is 0. The van der Waals surface area contributed by atoms with E-state index in [1.54, 1.807) is 6.92 Å². The number of carbonyl (C=O) groups is 1. The van der Waals surface area contributed by atoms with Crippen molar-refractivity contribution in [2.75, 3.05) is 0 Å². The molecule has 2 N–H and O–H groups in total. The van der Waals surface area contributed by atoms with Gasteiger partial charge >= 0.3 is 6.09 Å². The summed E-state index contributed by atoms with van der Waals surface area (Å²) in [6.45, 7) is 8.40. The Hall–Kier alpha value is -1.73. The van der Waals surface area contributed by atoms with Gasteiger partial charge in [0.2, 0.25) is 0 Å². The number of nitrogens with two attached hydrogens (primary N) is 1. The van der Waals surface area contributed by atoms with Crippen molar-refractivity contribution in [1.29, 1.82) is 0 Å². The van der Waals surface area contributed by atoms with E-state index in [0.29, 0.717) is 0 Å². The molecule has 0 fully saturated rings. The molecule has 1 aromatic rings. The van der Waals surface area contributed by atoms with Crippen LogP contribution in [0.2, 0.25) is 19.6 Å². The molecule has 96 valence electrons. The van der Waals surface area contributed by atoms with Crippen molar-refractivity contribution in [1.82, 2.24) is 0 Å². The molecule has 0 aliphatic carbocycles. The highest BCUT2D eigenvalue weighted by atomic mass is 28.3. The fourth-order valence-electron chi connectivity index (χ4n) is 1.34. The number of hydrogen-bond acceptors (Lipinski definition) is 2. The number of hydrogen-bond donors (Lipinski definition) is 1. The van der Waals surface area contributed by atoms with Gasteiger partial charge in [-0.05, 0) is 24.6 Å². The Balaban J connectivity index is 2.79. The summed E-state index contributed by atoms with van der Waals surface area (Å²) in [5.41, 5.74) is 10.2. The highest BCUT2D eigenvalue weighted by Gasteiger charge is 2.09. The minimum Gasteiger partial charge on any atom is -0.442 e. The molecule has 0 aliphatic heterocycles. The van der Waals surface area contributed by atoms with E-state index in [9.17, 15) is 4.79 Å². The number of rotatable bonds is 2. The van der Waals surface area contributed by atoms with Gasteiger partial charge in [-0.3, -0.25) is 0 Å². The highest BCUT2D eigenvalue weighted by Crippen LogP contribution is 2.16. The molecule has 0 bridgehead atoms. The van der Waals surface area contributed by atoms with Crippen LogP contribution in [0.15, 0.2) is 24.3 Å². The second-order valence-corrected chi connectivity index (χ2v) is 9.95. The maximum absolute atomic E-state index is 10.6. The van der Waals surface area contributed by atoms with Gasteiger partial charge in [-0.25, -0.2) is 4.79 Å². The normalized spacial score (nSPS) is 12.2. The van der Waals surface area contributed by atoms with Crippen LogP contribution in [0.5, 0.6) is 0 Å². The molecule has 0 aliphatic rings. The molecule has 1 rings (SSSR count). The average molecular weight is 261 g/mol. The first-order valence-corrected chi connectivity index (χ1v) is 9.37. The maximum atomic E-state index is 10.6. The van der Waals surface area contributed by atoms with Crippen LogP contribution in [0.25, 0.3) is 0 Å². The van der Waals surface area contributed by atoms with Crippen molar-refractivity contribution in [3.63, 3.8) is 0 Å². The Morgan fingerprint density at radius 3 is 2.28 bits per heavy atom. The van der Waals surface area contributed by atoms with Crippen LogP contribution < -0.4 is 5.73 Å². The lowest BCUT2D eigenvalue weighted by Crippen LogP contribution is -2.16. The van der Waals surface area contributed by atoms with Crippen molar-refractivity contribution in [3.8, 4) is 11.5 Å². The third kappa shape index (κ3) is 5.06. The smallest absolute Gasteiger partial charge is 0.405 e. The first kappa shape index (κ1) is 14.3. The molecule has 1 aromatic carbocycles. The molecule has 4 heteroatoms. The van der Waals surface area contributed by atoms with Gasteiger partial charge in [0.05, 0.1) is 0 Å². The first-order valence-electron chi connectivity index (χ1n) is 5.87. The summed E-state index contributed by atoms with van der Waals surface area (Å²) in [5, 5.41) is 0. The molecule has 0 saturated heterocycles. The average Bonchev–Trinajstić information content (AvgIpc) is 2.25. The standard InChI is InChI=1S/C14H19NO2Si/c1-11(17-14(15)16)13-7-5-12(6-8-13)9-10-18(2,3)4/h5-8,11H,1-4H3,(H2,15,16)/t11-/m0/s1. The minimum absolute atomic E-state index is 0.332. The van der Waals surface area contributed by atoms with Crippen LogP contribution in [0.3, 0.4) is 0 Å². The zero-order valence-corrected chi connectivity index (χ0v) is 12.3. The largest absolute Gasteiger partial charge is 0.442 e. The van der Waals surface area contributed by atoms with Gasteiger partial charge in [0.1, 0.15) is 14.2 Å². The van der Waals surface area contributed by atoms with Gasteiger partial charge in [-0.1, -0.05) is 37.7 Å². The molecule has 0 heterocycles. The van der Waals surface area contributed by atoms with Crippen molar-refractivity contribution < 1.29 is 9.53 Å². The van der Waals surface area contributed by atoms with E-state index < -0.39 is 14.2 Å². The Morgan fingerprint density at radius 1 is 1.28 bits per heavy atom. The summed E-state index contributed by atoms with van der Waals surface area (Å²) < 4.78 is 4.90. The SMILES string of the molecule is C[C@H](OC(N)=O)c1ccc(C#C[Si](C)(C)C)cc1. The van der Waals surface area contributed by atoms with Gasteiger partial charge in [0, 0.05) is 5.56 Å². The number of amides is 1. The second-order valence-electron chi connectivity index (χ2n) is 5.20. The Bertz CT molecular complexity index is 477. The van der Waals surface area contributed by atoms with Crippen LogP contribution in [-0.2, 0) is 4.74 Å². The third-order valence-electron chi connectivity index (χ3n) is 2.25. The Labute approximate surface area is 109 Å². The quantitative estimate of drug-likeness (QED) is 0.657. The number of primary amides is 1. The molecule has 0 saturated carbocycles. The van der Waals surface area contributed by atoms with Gasteiger partial charge < -0.3 is 10.5 Å². The predicted octanol–water partition coefficient (Wildman–Crippen LogP) is 3.07. The van der Waals surface area contributed by atoms with Crippen molar-refractivity contribution in [3.05, 3.63) is 35.4 Å². The van der Waals surface area contributed by atoms with Crippen LogP contribution in [0.4, 0.5) is 4.79 Å². The summed E-state index contributed by atoms with van der Waals surface area (Å²) in [6.07, 6.45) is -1.09. The van der Waals surface area contributed by atoms with E-state index in [4.69, 9.17) is 10.5 Å². The molecular formula is C14H19NO2Si. The van der Waals surface area contributed by atoms with Crippen LogP contribution >= 0.6 is 0 Å². The van der Waals surface area contributed by atoms with Crippen molar-refractivity contribution >= 4 is 14.2 Å². The molecule has 0 unspecified atom stereocenters. The second kappa shape index (κ2) is 5.74. The molecule has 0 aromatic heterocycles. The molecule has 0 radical (unpaired) electrons. The zero-order valence-electron chi connectivity index (χ0n) is 11.3. The summed E-state index contributed by atoms with van der Waals surface area (Å²) in [7, 11) is -1.34. The van der Waals surface area contributed by atoms with E-state index in [0.717, 1.165) is 11.1 Å². The topological polar surface area (TPSA) is 52.3 Å². The van der Waals surface area contributed by atoms with E-state index in [1.807, 2.05) is 24.3 Å². The van der Waals surface area contributed by atoms with Crippen molar-refractivity contribution in [2.24, 2.45) is 5.73 Å². The van der Waals surface area contributed by atoms with Gasteiger partial charge in [-0.15, -0.1) is 5.54 Å². The van der Waals surface area contributed by atoms with Gasteiger partial charge in [0.25, 0.3) is 0 Å². The summed E-state index contributed by atoms with van der Waals surface area (Å²) in [4.78, 5) is 10.6. The summed E-state index contributed by atoms with van der Waals surface area (Å²) in [6, 6.07) is 7.68. The van der Waals surface area contributed by atoms with Crippen LogP contribution in [0.1, 0.15) is 24.2 Å². The van der Waals surface area contributed by atoms with E-state index in [-0.39, 0.29) is 6.10 Å². The Kier molecular flexibility index (Phi) is 4.57. The molecular weight excluding hydrogens is 242 g/mol. The number of ether oxygens (including phenoxy) is 1. The lowest BCUT2D eigenvalue weighted by atomic mass is 10.1. The third-order valence-corrected chi connectivity index (χ3v) is 3.13. The first-order chi connectivity index (χ1) is 8.28. The molecule has 0 spiro atoms. The predicted molar refractivity (Wildman–Crippen MR) is 75.7 cm³/mol. The lowest BCUT2D eigenvalue weighted by Gasteiger charge is -2.11. The van der Waals surface area contributed by atoms with Gasteiger partial charge in [-0.2, -0.15) is 0 Å². The zero-order chi connectivity index (χ0) is 13.8. The number of carbonyl (C=O) groups excluding carboxylic acids is 1. The molecule has 1 amide bonds. The van der Waals surface area contributed by atoms with E-state index >= 15 is 0 Å². The fourth-order valence-corrected chi connectivity index (χ4v) is 1.86. The highest BCUT2D eigenvalue weighted by molar-refractivity contribution is 6.83. The number of benzene rings is 1. The molecule has 18 heavy (non-hydrogen) atoms. The van der Waals surface area contributed by atoms with E-state index in [2.05, 4.69) is 31.1 Å². The van der Waals surface area contributed by atoms with E-state index in [1.165, 1.54) is 0 Å². The minimum atomic E-state index is -1.34. The summed E-state index contributed by atoms with van der Waals surface area (Å²) in [5.74, 6) is 3.17. The van der Waals surface area contributed by atoms with Crippen LogP contribution in [0, 0.1) is 11.5 Å². The maximum Gasteiger partial charge on any atom is 0.405 e. The molecule has 3 nitrogen and oxygen atoms in total. The monoisotopic (exact) mass is 261 g/mol. The van der Waals surface area contributed by atoms with Gasteiger partial charge in [0.15, 0.2) is 0 Å². The fraction of sp³-hybridized carbons (Fsp3) is 0.357. The molecule has 1 atom stereocenters.